The SMILES string of the molecule is CCCS(=O)(=O)N1CCCN(C(=O)CNC(=O)c2ccccc2)CC1. The predicted octanol–water partition coefficient (Wildman–Crippen LogP) is 0.691. The molecule has 1 heterocycles. The van der Waals surface area contributed by atoms with Crippen molar-refractivity contribution >= 4 is 21.8 Å². The second-order valence-electron chi connectivity index (χ2n) is 6.00. The molecule has 0 radical (unpaired) electrons. The Hall–Kier alpha value is -1.93. The van der Waals surface area contributed by atoms with Crippen LogP contribution in [0.1, 0.15) is 30.1 Å². The van der Waals surface area contributed by atoms with Crippen molar-refractivity contribution in [3.8, 4) is 0 Å². The van der Waals surface area contributed by atoms with Crippen molar-refractivity contribution in [1.82, 2.24) is 14.5 Å². The summed E-state index contributed by atoms with van der Waals surface area (Å²) in [5.74, 6) is -0.358. The molecule has 0 spiro atoms. The first-order chi connectivity index (χ1) is 11.9. The number of amides is 2. The lowest BCUT2D eigenvalue weighted by Crippen LogP contribution is -2.42. The van der Waals surface area contributed by atoms with Crippen LogP contribution in [0.4, 0.5) is 0 Å². The van der Waals surface area contributed by atoms with Crippen LogP contribution in [0.15, 0.2) is 30.3 Å². The van der Waals surface area contributed by atoms with Gasteiger partial charge in [0, 0.05) is 31.7 Å². The first-order valence-electron chi connectivity index (χ1n) is 8.53. The Balaban J connectivity index is 1.85. The van der Waals surface area contributed by atoms with E-state index in [2.05, 4.69) is 5.32 Å². The summed E-state index contributed by atoms with van der Waals surface area (Å²) in [6.45, 7) is 3.33. The van der Waals surface area contributed by atoms with Gasteiger partial charge in [-0.05, 0) is 25.0 Å². The molecule has 0 bridgehead atoms. The molecule has 0 aromatic heterocycles. The number of benzene rings is 1. The Morgan fingerprint density at radius 1 is 1.08 bits per heavy atom. The molecule has 0 saturated carbocycles. The Morgan fingerprint density at radius 3 is 2.48 bits per heavy atom. The molecule has 1 saturated heterocycles. The minimum atomic E-state index is -3.24. The minimum absolute atomic E-state index is 0.0879. The third-order valence-corrected chi connectivity index (χ3v) is 6.18. The average Bonchev–Trinajstić information content (AvgIpc) is 2.87. The van der Waals surface area contributed by atoms with Crippen LogP contribution in [-0.2, 0) is 14.8 Å². The molecule has 1 fully saturated rings. The first-order valence-corrected chi connectivity index (χ1v) is 10.1. The van der Waals surface area contributed by atoms with E-state index in [0.717, 1.165) is 0 Å². The summed E-state index contributed by atoms with van der Waals surface area (Å²) < 4.78 is 25.8. The van der Waals surface area contributed by atoms with Crippen LogP contribution in [0.3, 0.4) is 0 Å². The maximum atomic E-state index is 12.3. The quantitative estimate of drug-likeness (QED) is 0.801. The summed E-state index contributed by atoms with van der Waals surface area (Å²) in [4.78, 5) is 25.9. The monoisotopic (exact) mass is 367 g/mol. The zero-order chi connectivity index (χ0) is 18.3. The predicted molar refractivity (Wildman–Crippen MR) is 95.6 cm³/mol. The van der Waals surface area contributed by atoms with Crippen molar-refractivity contribution in [2.24, 2.45) is 0 Å². The van der Waals surface area contributed by atoms with Gasteiger partial charge in [0.15, 0.2) is 0 Å². The molecule has 1 N–H and O–H groups in total. The third kappa shape index (κ3) is 5.54. The Kier molecular flexibility index (Phi) is 6.95. The summed E-state index contributed by atoms with van der Waals surface area (Å²) >= 11 is 0. The van der Waals surface area contributed by atoms with Gasteiger partial charge in [0.05, 0.1) is 12.3 Å². The van der Waals surface area contributed by atoms with Crippen molar-refractivity contribution in [3.63, 3.8) is 0 Å². The third-order valence-electron chi connectivity index (χ3n) is 4.10. The molecule has 2 rings (SSSR count). The van der Waals surface area contributed by atoms with Crippen molar-refractivity contribution < 1.29 is 18.0 Å². The fraction of sp³-hybridized carbons (Fsp3) is 0.529. The number of nitrogens with one attached hydrogen (secondary N) is 1. The van der Waals surface area contributed by atoms with Gasteiger partial charge in [-0.3, -0.25) is 9.59 Å². The summed E-state index contributed by atoms with van der Waals surface area (Å²) in [7, 11) is -3.24. The van der Waals surface area contributed by atoms with E-state index in [9.17, 15) is 18.0 Å². The summed E-state index contributed by atoms with van der Waals surface area (Å²) in [5, 5.41) is 2.62. The molecule has 25 heavy (non-hydrogen) atoms. The van der Waals surface area contributed by atoms with Crippen LogP contribution < -0.4 is 5.32 Å². The fourth-order valence-electron chi connectivity index (χ4n) is 2.77. The van der Waals surface area contributed by atoms with E-state index in [0.29, 0.717) is 44.6 Å². The van der Waals surface area contributed by atoms with Crippen LogP contribution >= 0.6 is 0 Å². The fourth-order valence-corrected chi connectivity index (χ4v) is 4.31. The van der Waals surface area contributed by atoms with Gasteiger partial charge in [0.2, 0.25) is 15.9 Å². The summed E-state index contributed by atoms with van der Waals surface area (Å²) in [6.07, 6.45) is 1.17. The summed E-state index contributed by atoms with van der Waals surface area (Å²) in [5.41, 5.74) is 0.503. The second kappa shape index (κ2) is 8.96. The molecule has 138 valence electrons. The maximum absolute atomic E-state index is 12.3. The Bertz CT molecular complexity index is 691. The maximum Gasteiger partial charge on any atom is 0.251 e. The van der Waals surface area contributed by atoms with Crippen LogP contribution in [0.25, 0.3) is 0 Å². The smallest absolute Gasteiger partial charge is 0.251 e. The number of sulfonamides is 1. The summed E-state index contributed by atoms with van der Waals surface area (Å²) in [6, 6.07) is 8.70. The number of carbonyl (C=O) groups is 2. The Labute approximate surface area is 149 Å². The molecular formula is C17H25N3O4S. The zero-order valence-corrected chi connectivity index (χ0v) is 15.3. The lowest BCUT2D eigenvalue weighted by Gasteiger charge is -2.22. The number of nitrogens with zero attached hydrogens (tertiary/aromatic N) is 2. The van der Waals surface area contributed by atoms with Crippen molar-refractivity contribution in [1.29, 1.82) is 0 Å². The highest BCUT2D eigenvalue weighted by Gasteiger charge is 2.26. The highest BCUT2D eigenvalue weighted by molar-refractivity contribution is 7.89. The van der Waals surface area contributed by atoms with Gasteiger partial charge in [-0.15, -0.1) is 0 Å². The highest BCUT2D eigenvalue weighted by atomic mass is 32.2. The molecule has 2 amide bonds. The molecule has 1 aliphatic rings. The molecule has 0 atom stereocenters. The molecule has 8 heteroatoms. The van der Waals surface area contributed by atoms with Crippen LogP contribution in [0.5, 0.6) is 0 Å². The average molecular weight is 367 g/mol. The van der Waals surface area contributed by atoms with Crippen molar-refractivity contribution in [2.75, 3.05) is 38.5 Å². The number of carbonyl (C=O) groups excluding carboxylic acids is 2. The van der Waals surface area contributed by atoms with Crippen molar-refractivity contribution in [3.05, 3.63) is 35.9 Å². The van der Waals surface area contributed by atoms with Gasteiger partial charge in [0.25, 0.3) is 5.91 Å². The van der Waals surface area contributed by atoms with Crippen LogP contribution in [0, 0.1) is 0 Å². The second-order valence-corrected chi connectivity index (χ2v) is 8.09. The highest BCUT2D eigenvalue weighted by Crippen LogP contribution is 2.10. The van der Waals surface area contributed by atoms with E-state index < -0.39 is 10.0 Å². The molecule has 0 unspecified atom stereocenters. The molecule has 1 aliphatic heterocycles. The van der Waals surface area contributed by atoms with E-state index in [1.54, 1.807) is 29.2 Å². The molecule has 1 aromatic rings. The topological polar surface area (TPSA) is 86.8 Å². The van der Waals surface area contributed by atoms with E-state index in [1.165, 1.54) is 4.31 Å². The normalized spacial score (nSPS) is 16.3. The molecular weight excluding hydrogens is 342 g/mol. The number of hydrogen-bond acceptors (Lipinski definition) is 4. The lowest BCUT2D eigenvalue weighted by molar-refractivity contribution is -0.129. The van der Waals surface area contributed by atoms with Crippen LogP contribution in [-0.4, -0.2) is 67.9 Å². The van der Waals surface area contributed by atoms with Gasteiger partial charge < -0.3 is 10.2 Å². The lowest BCUT2D eigenvalue weighted by atomic mass is 10.2. The molecule has 1 aromatic carbocycles. The van der Waals surface area contributed by atoms with Crippen LogP contribution in [0.2, 0.25) is 0 Å². The Morgan fingerprint density at radius 2 is 1.80 bits per heavy atom. The first kappa shape index (κ1) is 19.4. The molecule has 0 aliphatic carbocycles. The van der Waals surface area contributed by atoms with Gasteiger partial charge in [-0.25, -0.2) is 12.7 Å². The largest absolute Gasteiger partial charge is 0.343 e. The number of hydrogen-bond donors (Lipinski definition) is 1. The van der Waals surface area contributed by atoms with Gasteiger partial charge in [-0.1, -0.05) is 25.1 Å². The molecule has 7 nitrogen and oxygen atoms in total. The minimum Gasteiger partial charge on any atom is -0.343 e. The van der Waals surface area contributed by atoms with Gasteiger partial charge in [-0.2, -0.15) is 0 Å². The standard InChI is InChI=1S/C17H25N3O4S/c1-2-13-25(23,24)20-10-6-9-19(11-12-20)16(21)14-18-17(22)15-7-4-3-5-8-15/h3-5,7-8H,2,6,9-14H2,1H3,(H,18,22). The van der Waals surface area contributed by atoms with E-state index >= 15 is 0 Å². The van der Waals surface area contributed by atoms with Crippen molar-refractivity contribution in [2.45, 2.75) is 19.8 Å². The van der Waals surface area contributed by atoms with E-state index in [1.807, 2.05) is 13.0 Å². The van der Waals surface area contributed by atoms with E-state index in [-0.39, 0.29) is 24.1 Å². The van der Waals surface area contributed by atoms with Gasteiger partial charge >= 0.3 is 0 Å². The van der Waals surface area contributed by atoms with E-state index in [4.69, 9.17) is 0 Å². The zero-order valence-electron chi connectivity index (χ0n) is 14.5. The van der Waals surface area contributed by atoms with Gasteiger partial charge in [0.1, 0.15) is 0 Å². The number of rotatable bonds is 6.